The summed E-state index contributed by atoms with van der Waals surface area (Å²) in [4.78, 5) is 12.2. The van der Waals surface area contributed by atoms with Crippen LogP contribution in [0.4, 0.5) is 0 Å². The molecule has 1 aromatic rings. The van der Waals surface area contributed by atoms with Gasteiger partial charge in [-0.1, -0.05) is 24.6 Å². The second-order valence-electron chi connectivity index (χ2n) is 3.51. The lowest BCUT2D eigenvalue weighted by atomic mass is 10.2. The summed E-state index contributed by atoms with van der Waals surface area (Å²) in [7, 11) is 0. The van der Waals surface area contributed by atoms with Gasteiger partial charge in [0.1, 0.15) is 0 Å². The molecule has 0 spiro atoms. The Morgan fingerprint density at radius 3 is 2.60 bits per heavy atom. The molecular weight excluding hydrogens is 208 g/mol. The third kappa shape index (κ3) is 4.36. The van der Waals surface area contributed by atoms with Crippen molar-refractivity contribution in [2.45, 2.75) is 30.4 Å². The molecule has 0 radical (unpaired) electrons. The van der Waals surface area contributed by atoms with E-state index in [9.17, 15) is 4.79 Å². The van der Waals surface area contributed by atoms with Crippen LogP contribution in [0.2, 0.25) is 0 Å². The fourth-order valence-corrected chi connectivity index (χ4v) is 2.20. The summed E-state index contributed by atoms with van der Waals surface area (Å²) in [5, 5.41) is 0.233. The maximum atomic E-state index is 11.0. The van der Waals surface area contributed by atoms with Gasteiger partial charge in [-0.15, -0.1) is 11.8 Å². The average Bonchev–Trinajstić information content (AvgIpc) is 2.21. The highest BCUT2D eigenvalue weighted by Crippen LogP contribution is 2.25. The van der Waals surface area contributed by atoms with E-state index in [1.807, 2.05) is 6.92 Å². The standard InChI is InChI=1S/C11H16N2OS/c1-8-3-5-10(6-4-8)15-9(2)7-11(14)13-12/h3-6,9H,7,12H2,1-2H3,(H,13,14). The first-order valence-corrected chi connectivity index (χ1v) is 5.72. The molecule has 1 rings (SSSR count). The molecule has 0 aliphatic heterocycles. The van der Waals surface area contributed by atoms with Crippen molar-refractivity contribution in [1.29, 1.82) is 0 Å². The normalized spacial score (nSPS) is 12.2. The van der Waals surface area contributed by atoms with Crippen molar-refractivity contribution in [2.75, 3.05) is 0 Å². The Labute approximate surface area is 94.4 Å². The Balaban J connectivity index is 2.47. The van der Waals surface area contributed by atoms with Crippen LogP contribution < -0.4 is 11.3 Å². The first-order valence-electron chi connectivity index (χ1n) is 4.84. The number of hydrogen-bond donors (Lipinski definition) is 2. The van der Waals surface area contributed by atoms with Crippen LogP contribution in [-0.4, -0.2) is 11.2 Å². The van der Waals surface area contributed by atoms with E-state index in [0.717, 1.165) is 0 Å². The summed E-state index contributed by atoms with van der Waals surface area (Å²) >= 11 is 1.68. The fraction of sp³-hybridized carbons (Fsp3) is 0.364. The Morgan fingerprint density at radius 2 is 2.07 bits per heavy atom. The van der Waals surface area contributed by atoms with E-state index in [4.69, 9.17) is 5.84 Å². The third-order valence-corrected chi connectivity index (χ3v) is 3.11. The van der Waals surface area contributed by atoms with E-state index < -0.39 is 0 Å². The van der Waals surface area contributed by atoms with Gasteiger partial charge in [0.25, 0.3) is 0 Å². The molecule has 1 unspecified atom stereocenters. The zero-order chi connectivity index (χ0) is 11.3. The molecule has 1 amide bonds. The summed E-state index contributed by atoms with van der Waals surface area (Å²) in [6.45, 7) is 4.07. The maximum Gasteiger partial charge on any atom is 0.234 e. The molecule has 0 bridgehead atoms. The number of aryl methyl sites for hydroxylation is 1. The number of benzene rings is 1. The molecule has 3 nitrogen and oxygen atoms in total. The highest BCUT2D eigenvalue weighted by molar-refractivity contribution is 8.00. The molecule has 0 aliphatic rings. The summed E-state index contributed by atoms with van der Waals surface area (Å²) in [6.07, 6.45) is 0.440. The molecule has 0 saturated heterocycles. The minimum absolute atomic E-state index is 0.123. The largest absolute Gasteiger partial charge is 0.294 e. The van der Waals surface area contributed by atoms with Crippen LogP contribution in [0.3, 0.4) is 0 Å². The van der Waals surface area contributed by atoms with Gasteiger partial charge in [0.15, 0.2) is 0 Å². The van der Waals surface area contributed by atoms with Crippen molar-refractivity contribution >= 4 is 17.7 Å². The smallest absolute Gasteiger partial charge is 0.234 e. The first-order chi connectivity index (χ1) is 7.11. The molecule has 0 aromatic heterocycles. The van der Waals surface area contributed by atoms with Gasteiger partial charge in [0.2, 0.25) is 5.91 Å². The molecule has 82 valence electrons. The third-order valence-electron chi connectivity index (χ3n) is 1.99. The van der Waals surface area contributed by atoms with Crippen LogP contribution >= 0.6 is 11.8 Å². The second-order valence-corrected chi connectivity index (χ2v) is 5.03. The van der Waals surface area contributed by atoms with Crippen molar-refractivity contribution in [1.82, 2.24) is 5.43 Å². The van der Waals surface area contributed by atoms with Gasteiger partial charge in [0, 0.05) is 16.6 Å². The van der Waals surface area contributed by atoms with Gasteiger partial charge >= 0.3 is 0 Å². The minimum atomic E-state index is -0.123. The molecule has 3 N–H and O–H groups in total. The lowest BCUT2D eigenvalue weighted by Gasteiger charge is -2.09. The number of nitrogens with one attached hydrogen (secondary N) is 1. The summed E-state index contributed by atoms with van der Waals surface area (Å²) in [5.74, 6) is 4.90. The van der Waals surface area contributed by atoms with Crippen LogP contribution in [0.25, 0.3) is 0 Å². The number of hydrazine groups is 1. The number of carbonyl (C=O) groups excluding carboxylic acids is 1. The summed E-state index contributed by atoms with van der Waals surface area (Å²) < 4.78 is 0. The van der Waals surface area contributed by atoms with E-state index in [0.29, 0.717) is 6.42 Å². The fourth-order valence-electron chi connectivity index (χ4n) is 1.21. The van der Waals surface area contributed by atoms with Gasteiger partial charge < -0.3 is 0 Å². The Bertz CT molecular complexity index is 324. The quantitative estimate of drug-likeness (QED) is 0.355. The van der Waals surface area contributed by atoms with Crippen LogP contribution in [0, 0.1) is 6.92 Å². The molecule has 0 fully saturated rings. The van der Waals surface area contributed by atoms with Crippen molar-refractivity contribution in [3.63, 3.8) is 0 Å². The number of nitrogens with two attached hydrogens (primary N) is 1. The molecule has 0 aliphatic carbocycles. The molecular formula is C11H16N2OS. The molecule has 4 heteroatoms. The Kier molecular flexibility index (Phi) is 4.65. The van der Waals surface area contributed by atoms with Crippen molar-refractivity contribution in [2.24, 2.45) is 5.84 Å². The second kappa shape index (κ2) is 5.78. The van der Waals surface area contributed by atoms with E-state index in [1.165, 1.54) is 10.5 Å². The van der Waals surface area contributed by atoms with Gasteiger partial charge in [-0.05, 0) is 19.1 Å². The van der Waals surface area contributed by atoms with E-state index in [2.05, 4.69) is 36.6 Å². The number of amides is 1. The Hall–Kier alpha value is -1.00. The van der Waals surface area contributed by atoms with Gasteiger partial charge in [0.05, 0.1) is 0 Å². The topological polar surface area (TPSA) is 55.1 Å². The lowest BCUT2D eigenvalue weighted by Crippen LogP contribution is -2.31. The van der Waals surface area contributed by atoms with Gasteiger partial charge in [-0.3, -0.25) is 10.2 Å². The minimum Gasteiger partial charge on any atom is -0.294 e. The number of carbonyl (C=O) groups is 1. The van der Waals surface area contributed by atoms with E-state index >= 15 is 0 Å². The maximum absolute atomic E-state index is 11.0. The van der Waals surface area contributed by atoms with Gasteiger partial charge in [-0.2, -0.15) is 0 Å². The lowest BCUT2D eigenvalue weighted by molar-refractivity contribution is -0.121. The molecule has 0 heterocycles. The number of hydrogen-bond acceptors (Lipinski definition) is 3. The average molecular weight is 224 g/mol. The molecule has 1 atom stereocenters. The predicted octanol–water partition coefficient (Wildman–Crippen LogP) is 1.86. The summed E-state index contributed by atoms with van der Waals surface area (Å²) in [6, 6.07) is 8.27. The first kappa shape index (κ1) is 12.1. The SMILES string of the molecule is Cc1ccc(SC(C)CC(=O)NN)cc1. The predicted molar refractivity (Wildman–Crippen MR) is 63.4 cm³/mol. The molecule has 1 aromatic carbocycles. The monoisotopic (exact) mass is 224 g/mol. The van der Waals surface area contributed by atoms with Crippen LogP contribution in [0.5, 0.6) is 0 Å². The number of thioether (sulfide) groups is 1. The van der Waals surface area contributed by atoms with E-state index in [1.54, 1.807) is 11.8 Å². The summed E-state index contributed by atoms with van der Waals surface area (Å²) in [5.41, 5.74) is 3.38. The zero-order valence-corrected chi connectivity index (χ0v) is 9.80. The van der Waals surface area contributed by atoms with Crippen LogP contribution in [0.1, 0.15) is 18.9 Å². The van der Waals surface area contributed by atoms with Crippen molar-refractivity contribution in [3.05, 3.63) is 29.8 Å². The highest BCUT2D eigenvalue weighted by Gasteiger charge is 2.08. The molecule has 15 heavy (non-hydrogen) atoms. The van der Waals surface area contributed by atoms with E-state index in [-0.39, 0.29) is 11.2 Å². The highest BCUT2D eigenvalue weighted by atomic mass is 32.2. The number of rotatable bonds is 4. The van der Waals surface area contributed by atoms with Crippen molar-refractivity contribution in [3.8, 4) is 0 Å². The van der Waals surface area contributed by atoms with Gasteiger partial charge in [-0.25, -0.2) is 5.84 Å². The van der Waals surface area contributed by atoms with Crippen molar-refractivity contribution < 1.29 is 4.79 Å². The molecule has 0 saturated carbocycles. The Morgan fingerprint density at radius 1 is 1.47 bits per heavy atom. The van der Waals surface area contributed by atoms with Crippen LogP contribution in [-0.2, 0) is 4.79 Å². The van der Waals surface area contributed by atoms with Crippen LogP contribution in [0.15, 0.2) is 29.2 Å². The zero-order valence-electron chi connectivity index (χ0n) is 8.99.